The fourth-order valence-corrected chi connectivity index (χ4v) is 5.44. The lowest BCUT2D eigenvalue weighted by molar-refractivity contribution is 0.593. The molecular formula is C16H14FNO2S2. The fourth-order valence-electron chi connectivity index (χ4n) is 2.89. The molecule has 0 unspecified atom stereocenters. The molecule has 0 radical (unpaired) electrons. The minimum Gasteiger partial charge on any atom is -0.393 e. The van der Waals surface area contributed by atoms with Crippen molar-refractivity contribution in [3.05, 3.63) is 66.0 Å². The van der Waals surface area contributed by atoms with Gasteiger partial charge in [-0.25, -0.2) is 12.8 Å². The predicted octanol–water partition coefficient (Wildman–Crippen LogP) is 2.67. The Hall–Kier alpha value is -1.79. The smallest absolute Gasteiger partial charge is 0.182 e. The number of thiocarbonyl (C=S) groups is 1. The Bertz CT molecular complexity index is 821. The SMILES string of the molecule is NC(=S)[C@@H]1[C@H](c2cccc(F)c2)[C@H]1S(=O)(=O)c1ccccc1. The summed E-state index contributed by atoms with van der Waals surface area (Å²) in [5.41, 5.74) is 6.32. The zero-order valence-corrected chi connectivity index (χ0v) is 13.1. The summed E-state index contributed by atoms with van der Waals surface area (Å²) in [7, 11) is -3.56. The number of rotatable bonds is 4. The van der Waals surface area contributed by atoms with Crippen molar-refractivity contribution in [1.82, 2.24) is 0 Å². The predicted molar refractivity (Wildman–Crippen MR) is 86.8 cm³/mol. The van der Waals surface area contributed by atoms with Gasteiger partial charge < -0.3 is 5.73 Å². The molecule has 2 aromatic rings. The van der Waals surface area contributed by atoms with Crippen molar-refractivity contribution in [2.75, 3.05) is 0 Å². The van der Waals surface area contributed by atoms with Crippen LogP contribution in [0.5, 0.6) is 0 Å². The molecule has 3 rings (SSSR count). The molecular weight excluding hydrogens is 321 g/mol. The van der Waals surface area contributed by atoms with E-state index in [1.807, 2.05) is 0 Å². The molecule has 3 atom stereocenters. The summed E-state index contributed by atoms with van der Waals surface area (Å²) in [4.78, 5) is 0.388. The van der Waals surface area contributed by atoms with Gasteiger partial charge in [0.2, 0.25) is 0 Å². The first-order chi connectivity index (χ1) is 10.4. The third kappa shape index (κ3) is 2.53. The maximum absolute atomic E-state index is 13.4. The first kappa shape index (κ1) is 15.1. The summed E-state index contributed by atoms with van der Waals surface area (Å²) >= 11 is 5.01. The molecule has 0 aliphatic heterocycles. The standard InChI is InChI=1S/C16H14FNO2S2/c17-11-6-4-5-10(9-11)13-14(16(18)21)15(13)22(19,20)12-7-2-1-3-8-12/h1-9,13-15H,(H2,18,21)/t13-,14+,15+/m0/s1. The van der Waals surface area contributed by atoms with Gasteiger partial charge in [0.05, 0.1) is 15.1 Å². The van der Waals surface area contributed by atoms with Crippen LogP contribution in [-0.2, 0) is 9.84 Å². The van der Waals surface area contributed by atoms with Crippen LogP contribution in [0.25, 0.3) is 0 Å². The Labute approximate surface area is 133 Å². The number of sulfone groups is 1. The highest BCUT2D eigenvalue weighted by Crippen LogP contribution is 2.54. The third-order valence-corrected chi connectivity index (χ3v) is 6.45. The molecule has 6 heteroatoms. The summed E-state index contributed by atoms with van der Waals surface area (Å²) in [5, 5.41) is -0.728. The summed E-state index contributed by atoms with van der Waals surface area (Å²) < 4.78 is 39.0. The number of hydrogen-bond acceptors (Lipinski definition) is 3. The Kier molecular flexibility index (Phi) is 3.74. The quantitative estimate of drug-likeness (QED) is 0.873. The van der Waals surface area contributed by atoms with Gasteiger partial charge in [-0.1, -0.05) is 42.5 Å². The molecule has 2 N–H and O–H groups in total. The monoisotopic (exact) mass is 335 g/mol. The van der Waals surface area contributed by atoms with Crippen LogP contribution in [0, 0.1) is 11.7 Å². The van der Waals surface area contributed by atoms with E-state index in [-0.39, 0.29) is 9.88 Å². The van der Waals surface area contributed by atoms with E-state index in [1.54, 1.807) is 42.5 Å². The van der Waals surface area contributed by atoms with Crippen LogP contribution >= 0.6 is 12.2 Å². The fraction of sp³-hybridized carbons (Fsp3) is 0.188. The van der Waals surface area contributed by atoms with E-state index in [1.165, 1.54) is 12.1 Å². The molecule has 1 saturated carbocycles. The molecule has 0 saturated heterocycles. The highest BCUT2D eigenvalue weighted by molar-refractivity contribution is 7.92. The highest BCUT2D eigenvalue weighted by atomic mass is 32.2. The second-order valence-electron chi connectivity index (χ2n) is 5.33. The summed E-state index contributed by atoms with van der Waals surface area (Å²) in [5.74, 6) is -1.25. The van der Waals surface area contributed by atoms with E-state index in [0.29, 0.717) is 5.56 Å². The number of halogens is 1. The van der Waals surface area contributed by atoms with E-state index in [0.717, 1.165) is 0 Å². The maximum Gasteiger partial charge on any atom is 0.182 e. The summed E-state index contributed by atoms with van der Waals surface area (Å²) in [6.45, 7) is 0. The van der Waals surface area contributed by atoms with Gasteiger partial charge >= 0.3 is 0 Å². The lowest BCUT2D eigenvalue weighted by Gasteiger charge is -2.04. The Morgan fingerprint density at radius 3 is 2.36 bits per heavy atom. The minimum absolute atomic E-state index is 0.152. The molecule has 0 aromatic heterocycles. The van der Waals surface area contributed by atoms with Gasteiger partial charge in [0.25, 0.3) is 0 Å². The molecule has 114 valence electrons. The lowest BCUT2D eigenvalue weighted by Crippen LogP contribution is -2.17. The topological polar surface area (TPSA) is 60.2 Å². The molecule has 3 nitrogen and oxygen atoms in total. The van der Waals surface area contributed by atoms with Crippen LogP contribution < -0.4 is 5.73 Å². The van der Waals surface area contributed by atoms with Crippen LogP contribution in [-0.4, -0.2) is 18.7 Å². The average Bonchev–Trinajstić information content (AvgIpc) is 3.25. The molecule has 0 amide bonds. The van der Waals surface area contributed by atoms with Crippen molar-refractivity contribution in [1.29, 1.82) is 0 Å². The molecule has 0 heterocycles. The van der Waals surface area contributed by atoms with Crippen molar-refractivity contribution in [2.24, 2.45) is 11.7 Å². The second kappa shape index (κ2) is 5.44. The van der Waals surface area contributed by atoms with Gasteiger partial charge in [-0.3, -0.25) is 0 Å². The maximum atomic E-state index is 13.4. The second-order valence-corrected chi connectivity index (χ2v) is 7.91. The normalized spacial score (nSPS) is 24.0. The Morgan fingerprint density at radius 1 is 1.09 bits per heavy atom. The molecule has 1 fully saturated rings. The van der Waals surface area contributed by atoms with E-state index in [4.69, 9.17) is 18.0 Å². The van der Waals surface area contributed by atoms with E-state index < -0.39 is 32.7 Å². The van der Waals surface area contributed by atoms with Crippen molar-refractivity contribution < 1.29 is 12.8 Å². The van der Waals surface area contributed by atoms with Gasteiger partial charge in [-0.2, -0.15) is 0 Å². The molecule has 0 spiro atoms. The highest BCUT2D eigenvalue weighted by Gasteiger charge is 2.60. The van der Waals surface area contributed by atoms with Gasteiger partial charge in [0.1, 0.15) is 5.82 Å². The molecule has 1 aliphatic rings. The van der Waals surface area contributed by atoms with Crippen LogP contribution in [0.15, 0.2) is 59.5 Å². The van der Waals surface area contributed by atoms with Gasteiger partial charge in [-0.05, 0) is 29.8 Å². The van der Waals surface area contributed by atoms with E-state index >= 15 is 0 Å². The van der Waals surface area contributed by atoms with Crippen molar-refractivity contribution >= 4 is 27.0 Å². The molecule has 22 heavy (non-hydrogen) atoms. The summed E-state index contributed by atoms with van der Waals surface area (Å²) in [6, 6.07) is 14.1. The zero-order chi connectivity index (χ0) is 15.9. The Balaban J connectivity index is 2.01. The van der Waals surface area contributed by atoms with Crippen LogP contribution in [0.3, 0.4) is 0 Å². The van der Waals surface area contributed by atoms with Gasteiger partial charge in [0.15, 0.2) is 9.84 Å². The number of benzene rings is 2. The van der Waals surface area contributed by atoms with Crippen LogP contribution in [0.2, 0.25) is 0 Å². The summed E-state index contributed by atoms with van der Waals surface area (Å²) in [6.07, 6.45) is 0. The van der Waals surface area contributed by atoms with Crippen molar-refractivity contribution in [2.45, 2.75) is 16.1 Å². The minimum atomic E-state index is -3.56. The van der Waals surface area contributed by atoms with Crippen molar-refractivity contribution in [3.8, 4) is 0 Å². The number of hydrogen-bond donors (Lipinski definition) is 1. The first-order valence-electron chi connectivity index (χ1n) is 6.76. The molecule has 0 bridgehead atoms. The average molecular weight is 335 g/mol. The largest absolute Gasteiger partial charge is 0.393 e. The molecule has 1 aliphatic carbocycles. The lowest BCUT2D eigenvalue weighted by atomic mass is 10.1. The zero-order valence-electron chi connectivity index (χ0n) is 11.5. The first-order valence-corrected chi connectivity index (χ1v) is 8.72. The van der Waals surface area contributed by atoms with E-state index in [2.05, 4.69) is 0 Å². The van der Waals surface area contributed by atoms with Crippen molar-refractivity contribution in [3.63, 3.8) is 0 Å². The van der Waals surface area contributed by atoms with Gasteiger partial charge in [-0.15, -0.1) is 0 Å². The molecule has 2 aromatic carbocycles. The van der Waals surface area contributed by atoms with Crippen LogP contribution in [0.4, 0.5) is 4.39 Å². The van der Waals surface area contributed by atoms with Gasteiger partial charge in [0, 0.05) is 11.8 Å². The Morgan fingerprint density at radius 2 is 1.77 bits per heavy atom. The van der Waals surface area contributed by atoms with Crippen LogP contribution in [0.1, 0.15) is 11.5 Å². The van der Waals surface area contributed by atoms with E-state index in [9.17, 15) is 12.8 Å². The number of nitrogens with two attached hydrogens (primary N) is 1. The third-order valence-electron chi connectivity index (χ3n) is 3.95.